The second-order valence-electron chi connectivity index (χ2n) is 11.6. The van der Waals surface area contributed by atoms with Crippen molar-refractivity contribution in [3.8, 4) is 0 Å². The highest BCUT2D eigenvalue weighted by Crippen LogP contribution is 2.20. The summed E-state index contributed by atoms with van der Waals surface area (Å²) in [6.45, 7) is 23.7. The third-order valence-corrected chi connectivity index (χ3v) is 4.60. The molecule has 0 amide bonds. The van der Waals surface area contributed by atoms with E-state index >= 15 is 0 Å². The summed E-state index contributed by atoms with van der Waals surface area (Å²) in [5.74, 6) is 1.31. The summed E-state index contributed by atoms with van der Waals surface area (Å²) in [6.07, 6.45) is 0. The van der Waals surface area contributed by atoms with Crippen LogP contribution < -0.4 is 10.6 Å². The van der Waals surface area contributed by atoms with Gasteiger partial charge in [-0.1, -0.05) is 41.5 Å². The minimum Gasteiger partial charge on any atom is -0.330 e. The molecule has 0 saturated carbocycles. The molecule has 188 valence electrons. The molecule has 0 aromatic carbocycles. The molecule has 0 aliphatic rings. The zero-order valence-electron chi connectivity index (χ0n) is 21.6. The van der Waals surface area contributed by atoms with E-state index in [1.165, 1.54) is 0 Å². The lowest BCUT2D eigenvalue weighted by Crippen LogP contribution is -2.52. The number of ketones is 2. The highest BCUT2D eigenvalue weighted by Gasteiger charge is 2.32. The van der Waals surface area contributed by atoms with Crippen molar-refractivity contribution >= 4 is 36.2 Å². The Morgan fingerprint density at radius 3 is 1.26 bits per heavy atom. The Balaban J connectivity index is -0.000000469. The Labute approximate surface area is 200 Å². The van der Waals surface area contributed by atoms with Crippen LogP contribution >= 0.6 is 24.7 Å². The molecule has 0 fully saturated rings. The average Bonchev–Trinajstić information content (AvgIpc) is 2.56. The van der Waals surface area contributed by atoms with Gasteiger partial charge in [0, 0.05) is 33.4 Å². The molecule has 0 saturated heterocycles. The Morgan fingerprint density at radius 2 is 1.03 bits per heavy atom. The minimum absolute atomic E-state index is 0.0473. The van der Waals surface area contributed by atoms with Gasteiger partial charge >= 0.3 is 0 Å². The van der Waals surface area contributed by atoms with Crippen molar-refractivity contribution in [1.29, 1.82) is 0 Å². The molecular weight excluding hydrogens is 436 g/mol. The number of rotatable bonds is 7. The number of thiol groups is 1. The molecule has 0 radical (unpaired) electrons. The van der Waals surface area contributed by atoms with Gasteiger partial charge in [-0.15, -0.1) is 0 Å². The van der Waals surface area contributed by atoms with Crippen LogP contribution in [0.15, 0.2) is 0 Å². The fourth-order valence-corrected chi connectivity index (χ4v) is 3.18. The molecular formula is C22H48N2O5S2. The van der Waals surface area contributed by atoms with Crippen LogP contribution in [-0.2, 0) is 9.59 Å². The molecule has 0 unspecified atom stereocenters. The van der Waals surface area contributed by atoms with Gasteiger partial charge in [0.1, 0.15) is 0 Å². The number of carbonyl (C=O) groups is 2. The highest BCUT2D eigenvalue weighted by atomic mass is 32.2. The van der Waals surface area contributed by atoms with Crippen LogP contribution in [-0.4, -0.2) is 61.3 Å². The van der Waals surface area contributed by atoms with Crippen LogP contribution in [0.2, 0.25) is 0 Å². The fraction of sp³-hybridized carbons (Fsp3) is 0.909. The van der Waals surface area contributed by atoms with Crippen LogP contribution in [0.3, 0.4) is 0 Å². The van der Waals surface area contributed by atoms with Gasteiger partial charge in [-0.2, -0.15) is 12.6 Å². The molecule has 9 heteroatoms. The van der Waals surface area contributed by atoms with Gasteiger partial charge in [0.05, 0.1) is 12.1 Å². The van der Waals surface area contributed by atoms with Crippen molar-refractivity contribution in [2.24, 2.45) is 10.8 Å². The Bertz CT molecular complexity index is 516. The van der Waals surface area contributed by atoms with E-state index in [1.807, 2.05) is 62.3 Å². The van der Waals surface area contributed by atoms with E-state index in [4.69, 9.17) is 15.1 Å². The first-order valence-corrected chi connectivity index (χ1v) is 11.9. The lowest BCUT2D eigenvalue weighted by Gasteiger charge is -2.31. The van der Waals surface area contributed by atoms with E-state index < -0.39 is 0 Å². The van der Waals surface area contributed by atoms with Crippen LogP contribution in [0.1, 0.15) is 83.1 Å². The Morgan fingerprint density at radius 1 is 0.742 bits per heavy atom. The van der Waals surface area contributed by atoms with E-state index in [1.54, 1.807) is 0 Å². The predicted octanol–water partition coefficient (Wildman–Crippen LogP) is 4.87. The second kappa shape index (κ2) is 14.9. The normalized spacial score (nSPS) is 14.5. The number of nitrogens with one attached hydrogen (secondary N) is 2. The topological polar surface area (TPSA) is 119 Å². The van der Waals surface area contributed by atoms with Crippen molar-refractivity contribution in [3.63, 3.8) is 0 Å². The van der Waals surface area contributed by atoms with Gasteiger partial charge in [-0.05, 0) is 53.6 Å². The number of hydrogen-bond acceptors (Lipinski definition) is 9. The molecule has 0 spiro atoms. The molecule has 2 atom stereocenters. The van der Waals surface area contributed by atoms with E-state index in [0.717, 1.165) is 0 Å². The highest BCUT2D eigenvalue weighted by molar-refractivity contribution is 7.93. The first-order chi connectivity index (χ1) is 13.7. The standard InChI is InChI=1S/C11H23NO2S.C11H23NOS.H2O2/c1-10(2,3)9(13)8(7-15-14)12-11(4,5)6;1-10(2,3)9(13)8(7-14)12-11(4,5)6;1-2/h8,12,14H,7H2,1-6H3;8,12,14H,7H2,1-6H3;1-2H/t2*8-;/m00./s1. The van der Waals surface area contributed by atoms with Crippen molar-refractivity contribution in [3.05, 3.63) is 0 Å². The molecule has 0 aliphatic carbocycles. The van der Waals surface area contributed by atoms with Gasteiger partial charge in [0.15, 0.2) is 11.6 Å². The number of hydrogen-bond donors (Lipinski definition) is 6. The predicted molar refractivity (Wildman–Crippen MR) is 136 cm³/mol. The summed E-state index contributed by atoms with van der Waals surface area (Å²) in [7, 11) is 0. The van der Waals surface area contributed by atoms with E-state index in [9.17, 15) is 9.59 Å². The second-order valence-corrected chi connectivity index (χ2v) is 12.6. The first-order valence-electron chi connectivity index (χ1n) is 10.4. The zero-order chi connectivity index (χ0) is 25.8. The molecule has 31 heavy (non-hydrogen) atoms. The van der Waals surface area contributed by atoms with Gasteiger partial charge in [-0.3, -0.25) is 20.1 Å². The van der Waals surface area contributed by atoms with E-state index in [2.05, 4.69) is 44.0 Å². The quantitative estimate of drug-likeness (QED) is 0.131. The van der Waals surface area contributed by atoms with Crippen LogP contribution in [0.5, 0.6) is 0 Å². The SMILES string of the molecule is CC(C)(C)N[C@@H](CS)C(=O)C(C)(C)C.CC(C)(C)N[C@@H](CSO)C(=O)C(C)(C)C.OO. The van der Waals surface area contributed by atoms with Gasteiger partial charge in [0.25, 0.3) is 0 Å². The lowest BCUT2D eigenvalue weighted by molar-refractivity contribution is -0.176. The van der Waals surface area contributed by atoms with Gasteiger partial charge in [0.2, 0.25) is 0 Å². The summed E-state index contributed by atoms with van der Waals surface area (Å²) >= 11 is 4.93. The zero-order valence-corrected chi connectivity index (χ0v) is 23.3. The van der Waals surface area contributed by atoms with Crippen LogP contribution in [0, 0.1) is 10.8 Å². The van der Waals surface area contributed by atoms with Crippen molar-refractivity contribution in [2.45, 2.75) is 106 Å². The summed E-state index contributed by atoms with van der Waals surface area (Å²) in [4.78, 5) is 24.0. The monoisotopic (exact) mass is 484 g/mol. The average molecular weight is 485 g/mol. The lowest BCUT2D eigenvalue weighted by atomic mass is 9.86. The number of Topliss-reactive ketones (excluding diaryl/α,β-unsaturated/α-hetero) is 2. The minimum atomic E-state index is -0.376. The maximum Gasteiger partial charge on any atom is 0.155 e. The molecule has 0 aromatic rings. The third kappa shape index (κ3) is 19.1. The summed E-state index contributed by atoms with van der Waals surface area (Å²) < 4.78 is 8.87. The summed E-state index contributed by atoms with van der Waals surface area (Å²) in [5, 5.41) is 18.5. The van der Waals surface area contributed by atoms with Crippen molar-refractivity contribution in [1.82, 2.24) is 10.6 Å². The number of carbonyl (C=O) groups excluding carboxylic acids is 2. The molecule has 7 nitrogen and oxygen atoms in total. The first kappa shape index (κ1) is 35.4. The molecule has 5 N–H and O–H groups in total. The molecule has 0 heterocycles. The van der Waals surface area contributed by atoms with E-state index in [0.29, 0.717) is 23.5 Å². The molecule has 0 aromatic heterocycles. The smallest absolute Gasteiger partial charge is 0.155 e. The maximum absolute atomic E-state index is 12.0. The van der Waals surface area contributed by atoms with Crippen molar-refractivity contribution < 1.29 is 24.7 Å². The maximum atomic E-state index is 12.0. The largest absolute Gasteiger partial charge is 0.330 e. The Hall–Kier alpha value is -0.160. The van der Waals surface area contributed by atoms with Crippen LogP contribution in [0.4, 0.5) is 0 Å². The third-order valence-electron chi connectivity index (χ3n) is 3.75. The van der Waals surface area contributed by atoms with Crippen LogP contribution in [0.25, 0.3) is 0 Å². The van der Waals surface area contributed by atoms with Crippen molar-refractivity contribution in [2.75, 3.05) is 11.5 Å². The fourth-order valence-electron chi connectivity index (χ4n) is 2.54. The van der Waals surface area contributed by atoms with Gasteiger partial charge < -0.3 is 15.2 Å². The Kier molecular flexibility index (Phi) is 17.0. The van der Waals surface area contributed by atoms with Gasteiger partial charge in [-0.25, -0.2) is 0 Å². The summed E-state index contributed by atoms with van der Waals surface area (Å²) in [6, 6.07) is -0.446. The van der Waals surface area contributed by atoms with E-state index in [-0.39, 0.29) is 45.6 Å². The molecule has 0 aliphatic heterocycles. The molecule has 0 bridgehead atoms. The summed E-state index contributed by atoms with van der Waals surface area (Å²) in [5.41, 5.74) is -0.847. The molecule has 0 rings (SSSR count).